The number of hydrogen-bond acceptors (Lipinski definition) is 7. The van der Waals surface area contributed by atoms with E-state index in [0.717, 1.165) is 35.1 Å². The summed E-state index contributed by atoms with van der Waals surface area (Å²) in [5.41, 5.74) is 8.38. The molecule has 0 aliphatic carbocycles. The number of benzene rings is 1. The third-order valence-electron chi connectivity index (χ3n) is 4.76. The first-order chi connectivity index (χ1) is 14.2. The third kappa shape index (κ3) is 4.22. The van der Waals surface area contributed by atoms with Crippen LogP contribution in [-0.2, 0) is 6.54 Å². The fourth-order valence-electron chi connectivity index (χ4n) is 3.43. The quantitative estimate of drug-likeness (QED) is 0.446. The van der Waals surface area contributed by atoms with E-state index in [1.165, 1.54) is 11.8 Å². The Balaban J connectivity index is 1.66. The number of hydrogen-bond donors (Lipinski definition) is 2. The van der Waals surface area contributed by atoms with E-state index in [0.29, 0.717) is 34.3 Å². The number of pyridine rings is 1. The molecule has 3 N–H and O–H groups in total. The molecule has 1 aliphatic heterocycles. The lowest BCUT2D eigenvalue weighted by Gasteiger charge is -2.16. The van der Waals surface area contributed by atoms with E-state index >= 15 is 0 Å². The Kier molecular flexibility index (Phi) is 5.59. The van der Waals surface area contributed by atoms with Crippen LogP contribution in [0.5, 0.6) is 11.5 Å². The van der Waals surface area contributed by atoms with Gasteiger partial charge in [-0.2, -0.15) is 0 Å². The summed E-state index contributed by atoms with van der Waals surface area (Å²) in [4.78, 5) is 9.82. The summed E-state index contributed by atoms with van der Waals surface area (Å²) in [6.45, 7) is 9.75. The number of nitrogens with one attached hydrogen (secondary N) is 1. The second kappa shape index (κ2) is 8.04. The van der Waals surface area contributed by atoms with Crippen LogP contribution < -0.4 is 26.0 Å². The van der Waals surface area contributed by atoms with Crippen molar-refractivity contribution >= 4 is 41.9 Å². The number of rotatable bonds is 7. The van der Waals surface area contributed by atoms with Gasteiger partial charge in [-0.05, 0) is 31.2 Å². The number of nitrogens with zero attached hydrogens (tertiary/aromatic N) is 3. The average Bonchev–Trinajstić information content (AvgIpc) is 3.15. The summed E-state index contributed by atoms with van der Waals surface area (Å²) < 4.78 is 13.8. The maximum Gasteiger partial charge on any atom is 0.246 e. The predicted octanol–water partition coefficient (Wildman–Crippen LogP) is 2.85. The van der Waals surface area contributed by atoms with Crippen LogP contribution in [0.25, 0.3) is 11.0 Å². The zero-order chi connectivity index (χ0) is 21.5. The highest BCUT2D eigenvalue weighted by molar-refractivity contribution is 7.99. The SMILES string of the molecule is [B]c1cc2c(cc1Sc1nc3c(N)nccc3n1CCCNC(C)C)OC(C)(C)O2. The summed E-state index contributed by atoms with van der Waals surface area (Å²) in [6, 6.07) is 6.12. The minimum atomic E-state index is -0.700. The van der Waals surface area contributed by atoms with Crippen molar-refractivity contribution in [1.82, 2.24) is 19.9 Å². The molecule has 0 atom stereocenters. The summed E-state index contributed by atoms with van der Waals surface area (Å²) in [7, 11) is 6.32. The number of aromatic nitrogens is 3. The number of ether oxygens (including phenoxy) is 2. The van der Waals surface area contributed by atoms with Crippen molar-refractivity contribution in [3.05, 3.63) is 24.4 Å². The number of aryl methyl sites for hydroxylation is 1. The minimum Gasteiger partial charge on any atom is -0.449 e. The molecule has 0 fully saturated rings. The van der Waals surface area contributed by atoms with Crippen LogP contribution in [0.15, 0.2) is 34.4 Å². The molecule has 156 valence electrons. The molecule has 3 heterocycles. The van der Waals surface area contributed by atoms with E-state index in [-0.39, 0.29) is 0 Å². The van der Waals surface area contributed by atoms with Crippen molar-refractivity contribution in [2.45, 2.75) is 62.5 Å². The van der Waals surface area contributed by atoms with Crippen molar-refractivity contribution < 1.29 is 9.47 Å². The van der Waals surface area contributed by atoms with E-state index in [1.807, 2.05) is 32.0 Å². The van der Waals surface area contributed by atoms with E-state index in [9.17, 15) is 0 Å². The molecule has 9 heteroatoms. The molecule has 0 spiro atoms. The van der Waals surface area contributed by atoms with Gasteiger partial charge in [0.2, 0.25) is 5.79 Å². The second-order valence-electron chi connectivity index (χ2n) is 8.12. The van der Waals surface area contributed by atoms with Crippen molar-refractivity contribution in [3.63, 3.8) is 0 Å². The molecular weight excluding hydrogens is 397 g/mol. The Bertz CT molecular complexity index is 1080. The predicted molar refractivity (Wildman–Crippen MR) is 121 cm³/mol. The van der Waals surface area contributed by atoms with E-state index < -0.39 is 5.79 Å². The fraction of sp³-hybridized carbons (Fsp3) is 0.429. The molecule has 30 heavy (non-hydrogen) atoms. The Labute approximate surface area is 182 Å². The summed E-state index contributed by atoms with van der Waals surface area (Å²) >= 11 is 1.49. The van der Waals surface area contributed by atoms with Gasteiger partial charge in [0.25, 0.3) is 0 Å². The van der Waals surface area contributed by atoms with Gasteiger partial charge in [0, 0.05) is 37.5 Å². The number of nitrogens with two attached hydrogens (primary N) is 1. The van der Waals surface area contributed by atoms with Gasteiger partial charge in [-0.25, -0.2) is 9.97 Å². The van der Waals surface area contributed by atoms with Crippen LogP contribution in [0.4, 0.5) is 5.82 Å². The van der Waals surface area contributed by atoms with Crippen LogP contribution in [-0.4, -0.2) is 40.8 Å². The fourth-order valence-corrected chi connectivity index (χ4v) is 4.40. The molecule has 0 amide bonds. The highest BCUT2D eigenvalue weighted by atomic mass is 32.2. The Morgan fingerprint density at radius 3 is 2.73 bits per heavy atom. The Morgan fingerprint density at radius 2 is 2.00 bits per heavy atom. The van der Waals surface area contributed by atoms with Crippen molar-refractivity contribution in [2.24, 2.45) is 0 Å². The first kappa shape index (κ1) is 20.9. The molecule has 7 nitrogen and oxygen atoms in total. The number of imidazole rings is 1. The van der Waals surface area contributed by atoms with Crippen LogP contribution in [0.1, 0.15) is 34.1 Å². The van der Waals surface area contributed by atoms with E-state index in [4.69, 9.17) is 28.0 Å². The monoisotopic (exact) mass is 423 g/mol. The highest BCUT2D eigenvalue weighted by Crippen LogP contribution is 2.42. The third-order valence-corrected chi connectivity index (χ3v) is 5.83. The smallest absolute Gasteiger partial charge is 0.246 e. The van der Waals surface area contributed by atoms with E-state index in [1.54, 1.807) is 6.20 Å². The lowest BCUT2D eigenvalue weighted by molar-refractivity contribution is -0.0431. The molecule has 2 radical (unpaired) electrons. The Morgan fingerprint density at radius 1 is 1.27 bits per heavy atom. The van der Waals surface area contributed by atoms with Crippen LogP contribution in [0.3, 0.4) is 0 Å². The molecular formula is C21H26BN5O2S. The van der Waals surface area contributed by atoms with E-state index in [2.05, 4.69) is 28.7 Å². The lowest BCUT2D eigenvalue weighted by Crippen LogP contribution is -2.29. The molecule has 0 unspecified atom stereocenters. The molecule has 0 bridgehead atoms. The molecule has 1 aliphatic rings. The van der Waals surface area contributed by atoms with Gasteiger partial charge in [-0.15, -0.1) is 0 Å². The van der Waals surface area contributed by atoms with Gasteiger partial charge < -0.3 is 25.1 Å². The normalized spacial score (nSPS) is 14.7. The van der Waals surface area contributed by atoms with Gasteiger partial charge in [-0.3, -0.25) is 0 Å². The van der Waals surface area contributed by atoms with Crippen LogP contribution >= 0.6 is 11.8 Å². The summed E-state index contributed by atoms with van der Waals surface area (Å²) in [5.74, 6) is 1.06. The maximum absolute atomic E-state index is 6.32. The lowest BCUT2D eigenvalue weighted by atomic mass is 9.96. The zero-order valence-electron chi connectivity index (χ0n) is 17.7. The molecule has 3 aromatic rings. The number of nitrogen functional groups attached to an aromatic ring is 1. The first-order valence-electron chi connectivity index (χ1n) is 10.1. The number of anilines is 1. The maximum atomic E-state index is 6.32. The minimum absolute atomic E-state index is 0.425. The van der Waals surface area contributed by atoms with Crippen molar-refractivity contribution in [3.8, 4) is 11.5 Å². The van der Waals surface area contributed by atoms with Gasteiger partial charge >= 0.3 is 0 Å². The van der Waals surface area contributed by atoms with Gasteiger partial charge in [0.1, 0.15) is 13.4 Å². The standard InChI is InChI=1S/C21H26BN5O2S/c1-12(2)24-7-5-9-27-14-6-8-25-19(23)18(14)26-20(27)30-17-11-16-15(10-13(17)22)28-21(3,4)29-16/h6,8,10-12,24H,5,7,9H2,1-4H3,(H2,23,25). The van der Waals surface area contributed by atoms with Crippen molar-refractivity contribution in [1.29, 1.82) is 0 Å². The molecule has 0 saturated carbocycles. The van der Waals surface area contributed by atoms with Gasteiger partial charge in [0.05, 0.1) is 5.52 Å². The first-order valence-corrected chi connectivity index (χ1v) is 10.9. The van der Waals surface area contributed by atoms with Gasteiger partial charge in [-0.1, -0.05) is 31.1 Å². The zero-order valence-corrected chi connectivity index (χ0v) is 18.5. The Hall–Kier alpha value is -2.39. The second-order valence-corrected chi connectivity index (χ2v) is 9.12. The largest absolute Gasteiger partial charge is 0.449 e. The highest BCUT2D eigenvalue weighted by Gasteiger charge is 2.32. The molecule has 0 saturated heterocycles. The molecule has 4 rings (SSSR count). The summed E-state index contributed by atoms with van der Waals surface area (Å²) in [6.07, 6.45) is 2.68. The van der Waals surface area contributed by atoms with Gasteiger partial charge in [0.15, 0.2) is 22.5 Å². The topological polar surface area (TPSA) is 87.2 Å². The molecule has 2 aromatic heterocycles. The number of fused-ring (bicyclic) bond motifs is 2. The van der Waals surface area contributed by atoms with Crippen molar-refractivity contribution in [2.75, 3.05) is 12.3 Å². The average molecular weight is 423 g/mol. The molecule has 1 aromatic carbocycles. The van der Waals surface area contributed by atoms with Crippen LogP contribution in [0, 0.1) is 0 Å². The summed E-state index contributed by atoms with van der Waals surface area (Å²) in [5, 5.41) is 4.27. The van der Waals surface area contributed by atoms with Crippen LogP contribution in [0.2, 0.25) is 0 Å².